The average molecular weight is 399 g/mol. The molecule has 1 aromatic heterocycles. The van der Waals surface area contributed by atoms with E-state index in [1.807, 2.05) is 38.9 Å². The van der Waals surface area contributed by atoms with Crippen molar-refractivity contribution in [1.82, 2.24) is 9.88 Å². The molecule has 0 aliphatic rings. The van der Waals surface area contributed by atoms with E-state index >= 15 is 0 Å². The number of aromatic nitrogens is 1. The zero-order valence-corrected chi connectivity index (χ0v) is 15.0. The lowest BCUT2D eigenvalue weighted by molar-refractivity contribution is 0.200. The number of pyridine rings is 1. The normalized spacial score (nSPS) is 9.53. The Morgan fingerprint density at radius 2 is 1.79 bits per heavy atom. The van der Waals surface area contributed by atoms with E-state index in [0.717, 1.165) is 11.3 Å². The predicted octanol–water partition coefficient (Wildman–Crippen LogP) is 2.90. The lowest BCUT2D eigenvalue weighted by atomic mass is 10.2. The molecule has 19 heavy (non-hydrogen) atoms. The van der Waals surface area contributed by atoms with Gasteiger partial charge in [-0.25, -0.2) is 9.78 Å². The number of nitrogens with zero attached hydrogens (tertiary/aromatic N) is 3. The van der Waals surface area contributed by atoms with Crippen LogP contribution >= 0.6 is 34.0 Å². The van der Waals surface area contributed by atoms with Gasteiger partial charge in [0, 0.05) is 18.8 Å². The van der Waals surface area contributed by atoms with Crippen molar-refractivity contribution in [3.63, 3.8) is 0 Å². The van der Waals surface area contributed by atoms with Gasteiger partial charge in [-0.15, -0.1) is 34.0 Å². The van der Waals surface area contributed by atoms with E-state index in [1.54, 1.807) is 6.07 Å². The molecule has 0 saturated carbocycles. The van der Waals surface area contributed by atoms with E-state index < -0.39 is 6.09 Å². The molecule has 110 valence electrons. The third-order valence-electron chi connectivity index (χ3n) is 2.36. The summed E-state index contributed by atoms with van der Waals surface area (Å²) in [7, 11) is 3.82. The number of anilines is 1. The van der Waals surface area contributed by atoms with Gasteiger partial charge >= 0.3 is 6.09 Å². The lowest BCUT2D eigenvalue weighted by Gasteiger charge is -2.21. The number of rotatable bonds is 4. The summed E-state index contributed by atoms with van der Waals surface area (Å²) in [5, 5.41) is 9.19. The van der Waals surface area contributed by atoms with Gasteiger partial charge in [-0.3, -0.25) is 4.90 Å². The second-order valence-corrected chi connectivity index (χ2v) is 4.38. The number of hydrogen-bond donors (Lipinski definition) is 1. The Bertz CT molecular complexity index is 394. The number of hydrogen-bond acceptors (Lipinski definition) is 3. The fourth-order valence-corrected chi connectivity index (χ4v) is 1.57. The first kappa shape index (κ1) is 20.7. The summed E-state index contributed by atoms with van der Waals surface area (Å²) < 4.78 is 0. The van der Waals surface area contributed by atoms with E-state index in [2.05, 4.69) is 4.98 Å². The Morgan fingerprint density at radius 3 is 2.21 bits per heavy atom. The summed E-state index contributed by atoms with van der Waals surface area (Å²) in [5.41, 5.74) is 1.85. The van der Waals surface area contributed by atoms with Gasteiger partial charge in [-0.05, 0) is 45.6 Å². The molecule has 0 radical (unpaired) electrons. The van der Waals surface area contributed by atoms with E-state index in [9.17, 15) is 9.90 Å². The first-order chi connectivity index (χ1) is 7.90. The number of likely N-dealkylation sites (N-methyl/N-ethyl adjacent to an activating group) is 1. The van der Waals surface area contributed by atoms with Gasteiger partial charge < -0.3 is 10.0 Å². The molecule has 1 amide bonds. The van der Waals surface area contributed by atoms with Gasteiger partial charge in [0.2, 0.25) is 0 Å². The first-order valence-electron chi connectivity index (χ1n) is 5.50. The molecule has 0 bridgehead atoms. The van der Waals surface area contributed by atoms with Crippen LogP contribution in [0.4, 0.5) is 10.6 Å². The van der Waals surface area contributed by atoms with E-state index in [-0.39, 0.29) is 34.0 Å². The minimum absolute atomic E-state index is 0. The Balaban J connectivity index is 0. The molecule has 0 spiro atoms. The molecular weight excluding hydrogens is 378 g/mol. The quantitative estimate of drug-likeness (QED) is 0.847. The van der Waals surface area contributed by atoms with Crippen LogP contribution in [0.1, 0.15) is 11.3 Å². The smallest absolute Gasteiger partial charge is 0.413 e. The van der Waals surface area contributed by atoms with E-state index in [4.69, 9.17) is 0 Å². The van der Waals surface area contributed by atoms with Gasteiger partial charge in [-0.2, -0.15) is 0 Å². The van der Waals surface area contributed by atoms with Crippen molar-refractivity contribution < 1.29 is 9.90 Å². The van der Waals surface area contributed by atoms with Crippen LogP contribution in [-0.2, 0) is 0 Å². The number of carbonyl (C=O) groups is 1. The average Bonchev–Trinajstić information content (AvgIpc) is 2.14. The summed E-state index contributed by atoms with van der Waals surface area (Å²) in [4.78, 5) is 18.7. The van der Waals surface area contributed by atoms with E-state index in [1.165, 1.54) is 4.90 Å². The second-order valence-electron chi connectivity index (χ2n) is 4.38. The summed E-state index contributed by atoms with van der Waals surface area (Å²) in [6.45, 7) is 4.88. The molecule has 7 heteroatoms. The summed E-state index contributed by atoms with van der Waals surface area (Å²) >= 11 is 0. The molecule has 1 rings (SSSR count). The van der Waals surface area contributed by atoms with Crippen LogP contribution in [0.5, 0.6) is 0 Å². The molecule has 0 aromatic carbocycles. The highest BCUT2D eigenvalue weighted by molar-refractivity contribution is 8.93. The number of carboxylic acid groups (broad SMARTS) is 1. The minimum Gasteiger partial charge on any atom is -0.465 e. The highest BCUT2D eigenvalue weighted by Crippen LogP contribution is 2.14. The van der Waals surface area contributed by atoms with Crippen LogP contribution in [0.15, 0.2) is 12.1 Å². The van der Waals surface area contributed by atoms with Crippen LogP contribution in [0, 0.1) is 13.8 Å². The molecule has 5 nitrogen and oxygen atoms in total. The topological polar surface area (TPSA) is 56.7 Å². The maximum absolute atomic E-state index is 11.2. The Kier molecular flexibility index (Phi) is 10.1. The Hall–Kier alpha value is -0.660. The van der Waals surface area contributed by atoms with Crippen LogP contribution in [0.3, 0.4) is 0 Å². The van der Waals surface area contributed by atoms with Crippen molar-refractivity contribution in [3.05, 3.63) is 23.4 Å². The minimum atomic E-state index is -0.968. The van der Waals surface area contributed by atoms with Crippen LogP contribution in [0.2, 0.25) is 0 Å². The third-order valence-corrected chi connectivity index (χ3v) is 2.36. The monoisotopic (exact) mass is 397 g/mol. The van der Waals surface area contributed by atoms with Crippen LogP contribution in [0.25, 0.3) is 0 Å². The molecule has 0 atom stereocenters. The Morgan fingerprint density at radius 1 is 1.21 bits per heavy atom. The molecular formula is C12H21Br2N3O2. The molecule has 0 aliphatic heterocycles. The lowest BCUT2D eigenvalue weighted by Crippen LogP contribution is -2.36. The summed E-state index contributed by atoms with van der Waals surface area (Å²) in [6.07, 6.45) is -0.968. The number of aryl methyl sites for hydroxylation is 2. The zero-order chi connectivity index (χ0) is 13.0. The van der Waals surface area contributed by atoms with Crippen molar-refractivity contribution in [1.29, 1.82) is 0 Å². The highest BCUT2D eigenvalue weighted by Gasteiger charge is 2.16. The van der Waals surface area contributed by atoms with Crippen molar-refractivity contribution in [2.45, 2.75) is 13.8 Å². The molecule has 1 N–H and O–H groups in total. The van der Waals surface area contributed by atoms with Crippen molar-refractivity contribution in [2.75, 3.05) is 32.1 Å². The van der Waals surface area contributed by atoms with Crippen LogP contribution in [-0.4, -0.2) is 48.3 Å². The van der Waals surface area contributed by atoms with Gasteiger partial charge in [0.05, 0.1) is 0 Å². The third kappa shape index (κ3) is 6.89. The largest absolute Gasteiger partial charge is 0.465 e. The molecule has 0 aliphatic carbocycles. The van der Waals surface area contributed by atoms with Gasteiger partial charge in [0.15, 0.2) is 0 Å². The zero-order valence-electron chi connectivity index (χ0n) is 11.6. The standard InChI is InChI=1S/C12H19N3O2.2BrH/c1-9-7-10(2)13-11(8-9)15(12(16)17)6-5-14(3)4;;/h7-8H,5-6H2,1-4H3,(H,16,17);2*1H. The fraction of sp³-hybridized carbons (Fsp3) is 0.500. The molecule has 0 fully saturated rings. The molecule has 0 unspecified atom stereocenters. The summed E-state index contributed by atoms with van der Waals surface area (Å²) in [5.74, 6) is 0.497. The second kappa shape index (κ2) is 9.28. The van der Waals surface area contributed by atoms with Crippen molar-refractivity contribution in [3.8, 4) is 0 Å². The number of halogens is 2. The highest BCUT2D eigenvalue weighted by atomic mass is 79.9. The molecule has 1 aromatic rings. The SMILES string of the molecule is Br.Br.Cc1cc(C)nc(N(CCN(C)C)C(=O)O)c1. The molecule has 0 saturated heterocycles. The van der Waals surface area contributed by atoms with Crippen molar-refractivity contribution >= 4 is 45.9 Å². The summed E-state index contributed by atoms with van der Waals surface area (Å²) in [6, 6.07) is 3.71. The van der Waals surface area contributed by atoms with Gasteiger partial charge in [-0.1, -0.05) is 0 Å². The predicted molar refractivity (Wildman–Crippen MR) is 88.3 cm³/mol. The van der Waals surface area contributed by atoms with E-state index in [0.29, 0.717) is 18.9 Å². The first-order valence-corrected chi connectivity index (χ1v) is 5.50. The fourth-order valence-electron chi connectivity index (χ4n) is 1.57. The Labute approximate surface area is 135 Å². The maximum Gasteiger partial charge on any atom is 0.413 e. The van der Waals surface area contributed by atoms with Gasteiger partial charge in [0.25, 0.3) is 0 Å². The molecule has 1 heterocycles. The van der Waals surface area contributed by atoms with Crippen LogP contribution < -0.4 is 4.90 Å². The van der Waals surface area contributed by atoms with Gasteiger partial charge in [0.1, 0.15) is 5.82 Å². The van der Waals surface area contributed by atoms with Crippen molar-refractivity contribution in [2.24, 2.45) is 0 Å². The maximum atomic E-state index is 11.2. The number of amides is 1.